The van der Waals surface area contributed by atoms with Crippen LogP contribution >= 0.6 is 0 Å². The number of hydrogen-bond donors (Lipinski definition) is 0. The lowest BCUT2D eigenvalue weighted by Gasteiger charge is -2.46. The minimum absolute atomic E-state index is 0.578. The lowest BCUT2D eigenvalue weighted by atomic mass is 9.59. The van der Waals surface area contributed by atoms with E-state index in [-0.39, 0.29) is 0 Å². The van der Waals surface area contributed by atoms with Gasteiger partial charge in [-0.15, -0.1) is 0 Å². The van der Waals surface area contributed by atoms with Crippen molar-refractivity contribution in [1.29, 1.82) is 0 Å². The standard InChI is InChI=1S/C13H24/c1-13(2,3)12-8-11(9-12)10-6-4-5-7-10/h10-12H,4-9H2,1-3H3. The van der Waals surface area contributed by atoms with Crippen molar-refractivity contribution in [2.75, 3.05) is 0 Å². The van der Waals surface area contributed by atoms with Crippen LogP contribution in [0.4, 0.5) is 0 Å². The van der Waals surface area contributed by atoms with Gasteiger partial charge >= 0.3 is 0 Å². The van der Waals surface area contributed by atoms with Gasteiger partial charge in [-0.1, -0.05) is 46.5 Å². The van der Waals surface area contributed by atoms with E-state index < -0.39 is 0 Å². The first kappa shape index (κ1) is 9.55. The van der Waals surface area contributed by atoms with Crippen LogP contribution < -0.4 is 0 Å². The second-order valence-electron chi connectivity index (χ2n) is 6.34. The van der Waals surface area contributed by atoms with Gasteiger partial charge in [0.15, 0.2) is 0 Å². The molecule has 2 fully saturated rings. The summed E-state index contributed by atoms with van der Waals surface area (Å²) < 4.78 is 0. The van der Waals surface area contributed by atoms with Gasteiger partial charge < -0.3 is 0 Å². The predicted octanol–water partition coefficient (Wildman–Crippen LogP) is 4.25. The average molecular weight is 180 g/mol. The monoisotopic (exact) mass is 180 g/mol. The van der Waals surface area contributed by atoms with Crippen molar-refractivity contribution in [3.05, 3.63) is 0 Å². The Labute approximate surface area is 83.1 Å². The van der Waals surface area contributed by atoms with Crippen LogP contribution in [-0.4, -0.2) is 0 Å². The van der Waals surface area contributed by atoms with E-state index in [9.17, 15) is 0 Å². The topological polar surface area (TPSA) is 0 Å². The highest BCUT2D eigenvalue weighted by Gasteiger charge is 2.40. The lowest BCUT2D eigenvalue weighted by molar-refractivity contribution is 0.0412. The zero-order chi connectivity index (χ0) is 9.47. The van der Waals surface area contributed by atoms with Gasteiger partial charge in [0.25, 0.3) is 0 Å². The molecular weight excluding hydrogens is 156 g/mol. The summed E-state index contributed by atoms with van der Waals surface area (Å²) in [6, 6.07) is 0. The Kier molecular flexibility index (Phi) is 2.42. The molecule has 0 N–H and O–H groups in total. The third-order valence-electron chi connectivity index (χ3n) is 4.47. The molecule has 0 aromatic heterocycles. The van der Waals surface area contributed by atoms with Crippen LogP contribution in [0.15, 0.2) is 0 Å². The SMILES string of the molecule is CC(C)(C)C1CC(C2CCCC2)C1. The minimum atomic E-state index is 0.578. The van der Waals surface area contributed by atoms with Crippen molar-refractivity contribution in [2.45, 2.75) is 59.3 Å². The van der Waals surface area contributed by atoms with Crippen molar-refractivity contribution in [1.82, 2.24) is 0 Å². The van der Waals surface area contributed by atoms with E-state index in [1.807, 2.05) is 0 Å². The Hall–Kier alpha value is 0. The molecular formula is C13H24. The van der Waals surface area contributed by atoms with Gasteiger partial charge in [-0.2, -0.15) is 0 Å². The maximum absolute atomic E-state index is 2.41. The van der Waals surface area contributed by atoms with Gasteiger partial charge in [-0.3, -0.25) is 0 Å². The molecule has 2 aliphatic rings. The van der Waals surface area contributed by atoms with Gasteiger partial charge in [0.1, 0.15) is 0 Å². The van der Waals surface area contributed by atoms with Crippen LogP contribution in [0.3, 0.4) is 0 Å². The first-order valence-electron chi connectivity index (χ1n) is 6.07. The molecule has 0 bridgehead atoms. The fraction of sp³-hybridized carbons (Fsp3) is 1.00. The summed E-state index contributed by atoms with van der Waals surface area (Å²) in [5.41, 5.74) is 0.578. The van der Waals surface area contributed by atoms with E-state index in [1.54, 1.807) is 12.8 Å². The first-order chi connectivity index (χ1) is 6.07. The molecule has 0 heterocycles. The molecule has 0 aromatic rings. The van der Waals surface area contributed by atoms with Crippen molar-refractivity contribution in [2.24, 2.45) is 23.2 Å². The summed E-state index contributed by atoms with van der Waals surface area (Å²) in [4.78, 5) is 0. The Morgan fingerprint density at radius 1 is 0.846 bits per heavy atom. The molecule has 0 heteroatoms. The summed E-state index contributed by atoms with van der Waals surface area (Å²) in [6.45, 7) is 7.22. The molecule has 0 amide bonds. The molecule has 0 aliphatic heterocycles. The maximum atomic E-state index is 2.41. The highest BCUT2D eigenvalue weighted by atomic mass is 14.5. The normalized spacial score (nSPS) is 36.2. The lowest BCUT2D eigenvalue weighted by Crippen LogP contribution is -2.36. The van der Waals surface area contributed by atoms with E-state index in [0.29, 0.717) is 5.41 Å². The quantitative estimate of drug-likeness (QED) is 0.566. The van der Waals surface area contributed by atoms with Crippen LogP contribution in [-0.2, 0) is 0 Å². The Bertz CT molecular complexity index is 163. The molecule has 0 spiro atoms. The molecule has 0 atom stereocenters. The highest BCUT2D eigenvalue weighted by molar-refractivity contribution is 4.91. The molecule has 2 saturated carbocycles. The van der Waals surface area contributed by atoms with Gasteiger partial charge in [0, 0.05) is 0 Å². The van der Waals surface area contributed by atoms with Crippen LogP contribution in [0.25, 0.3) is 0 Å². The molecule has 13 heavy (non-hydrogen) atoms. The van der Waals surface area contributed by atoms with E-state index in [1.165, 1.54) is 25.7 Å². The molecule has 0 nitrogen and oxygen atoms in total. The summed E-state index contributed by atoms with van der Waals surface area (Å²) in [6.07, 6.45) is 9.19. The number of hydrogen-bond acceptors (Lipinski definition) is 0. The molecule has 0 aromatic carbocycles. The zero-order valence-corrected chi connectivity index (χ0v) is 9.47. The Balaban J connectivity index is 1.78. The van der Waals surface area contributed by atoms with Crippen molar-refractivity contribution < 1.29 is 0 Å². The van der Waals surface area contributed by atoms with Crippen molar-refractivity contribution >= 4 is 0 Å². The second-order valence-corrected chi connectivity index (χ2v) is 6.34. The van der Waals surface area contributed by atoms with Crippen molar-refractivity contribution in [3.8, 4) is 0 Å². The zero-order valence-electron chi connectivity index (χ0n) is 9.47. The third kappa shape index (κ3) is 1.92. The summed E-state index contributed by atoms with van der Waals surface area (Å²) in [5.74, 6) is 3.27. The summed E-state index contributed by atoms with van der Waals surface area (Å²) in [7, 11) is 0. The molecule has 0 radical (unpaired) electrons. The van der Waals surface area contributed by atoms with E-state index in [4.69, 9.17) is 0 Å². The highest BCUT2D eigenvalue weighted by Crippen LogP contribution is 2.51. The van der Waals surface area contributed by atoms with Crippen LogP contribution in [0.5, 0.6) is 0 Å². The van der Waals surface area contributed by atoms with Crippen LogP contribution in [0.2, 0.25) is 0 Å². The predicted molar refractivity (Wildman–Crippen MR) is 57.6 cm³/mol. The summed E-state index contributed by atoms with van der Waals surface area (Å²) >= 11 is 0. The van der Waals surface area contributed by atoms with Crippen LogP contribution in [0.1, 0.15) is 59.3 Å². The van der Waals surface area contributed by atoms with Crippen molar-refractivity contribution in [3.63, 3.8) is 0 Å². The fourth-order valence-electron chi connectivity index (χ4n) is 3.18. The molecule has 0 unspecified atom stereocenters. The average Bonchev–Trinajstić information content (AvgIpc) is 2.31. The molecule has 76 valence electrons. The van der Waals surface area contributed by atoms with Gasteiger partial charge in [-0.05, 0) is 36.0 Å². The number of rotatable bonds is 1. The van der Waals surface area contributed by atoms with E-state index >= 15 is 0 Å². The van der Waals surface area contributed by atoms with Crippen LogP contribution in [0, 0.1) is 23.2 Å². The second kappa shape index (κ2) is 3.29. The van der Waals surface area contributed by atoms with Gasteiger partial charge in [0.05, 0.1) is 0 Å². The first-order valence-corrected chi connectivity index (χ1v) is 6.07. The molecule has 2 rings (SSSR count). The summed E-state index contributed by atoms with van der Waals surface area (Å²) in [5, 5.41) is 0. The van der Waals surface area contributed by atoms with Gasteiger partial charge in [0.2, 0.25) is 0 Å². The smallest absolute Gasteiger partial charge is 0.0354 e. The minimum Gasteiger partial charge on any atom is -0.0599 e. The van der Waals surface area contributed by atoms with E-state index in [2.05, 4.69) is 20.8 Å². The third-order valence-corrected chi connectivity index (χ3v) is 4.47. The van der Waals surface area contributed by atoms with E-state index in [0.717, 1.165) is 17.8 Å². The van der Waals surface area contributed by atoms with Gasteiger partial charge in [-0.25, -0.2) is 0 Å². The Morgan fingerprint density at radius 2 is 1.38 bits per heavy atom. The fourth-order valence-corrected chi connectivity index (χ4v) is 3.18. The molecule has 2 aliphatic carbocycles. The Morgan fingerprint density at radius 3 is 1.85 bits per heavy atom. The maximum Gasteiger partial charge on any atom is -0.0354 e. The largest absolute Gasteiger partial charge is 0.0599 e. The molecule has 0 saturated heterocycles.